The molecule has 112 valence electrons. The van der Waals surface area contributed by atoms with Gasteiger partial charge in [-0.25, -0.2) is 4.39 Å². The first kappa shape index (κ1) is 14.6. The molecule has 3 rings (SSSR count). The largest absolute Gasteiger partial charge is 0.461 e. The topological polar surface area (TPSA) is 35.5 Å². The molecule has 21 heavy (non-hydrogen) atoms. The smallest absolute Gasteiger partial charge is 0.309 e. The van der Waals surface area contributed by atoms with Crippen LogP contribution < -0.4 is 0 Å². The van der Waals surface area contributed by atoms with Gasteiger partial charge >= 0.3 is 5.97 Å². The van der Waals surface area contributed by atoms with Crippen molar-refractivity contribution in [2.45, 2.75) is 44.1 Å². The van der Waals surface area contributed by atoms with Crippen molar-refractivity contribution >= 4 is 13.8 Å². The zero-order chi connectivity index (χ0) is 15.0. The minimum atomic E-state index is -0.870. The van der Waals surface area contributed by atoms with E-state index >= 15 is 0 Å². The van der Waals surface area contributed by atoms with E-state index in [1.807, 2.05) is 45.1 Å². The molecule has 1 aliphatic heterocycles. The maximum absolute atomic E-state index is 14.0. The van der Waals surface area contributed by atoms with Crippen LogP contribution in [0.5, 0.6) is 0 Å². The Hall–Kier alpha value is -1.36. The fourth-order valence-corrected chi connectivity index (χ4v) is 3.93. The van der Waals surface area contributed by atoms with Crippen LogP contribution in [-0.2, 0) is 20.9 Å². The molecule has 1 aliphatic carbocycles. The molecular formula is C16H20BFO3. The summed E-state index contributed by atoms with van der Waals surface area (Å²) in [7, 11) is 1.89. The molecule has 1 heterocycles. The van der Waals surface area contributed by atoms with Crippen LogP contribution in [0.1, 0.15) is 25.3 Å². The van der Waals surface area contributed by atoms with Crippen molar-refractivity contribution in [2.24, 2.45) is 11.8 Å². The van der Waals surface area contributed by atoms with Crippen molar-refractivity contribution in [1.82, 2.24) is 0 Å². The number of hydrogen-bond donors (Lipinski definition) is 0. The van der Waals surface area contributed by atoms with Gasteiger partial charge in [0.1, 0.15) is 20.6 Å². The van der Waals surface area contributed by atoms with Crippen molar-refractivity contribution in [3.63, 3.8) is 0 Å². The van der Waals surface area contributed by atoms with E-state index in [2.05, 4.69) is 0 Å². The normalized spacial score (nSPS) is 37.6. The SMILES string of the molecule is B[C@@H]1O[C@@]2(CC(=O)OCc3ccccc3)C[C@@H](F)[C@H]1C2C. The number of carbonyl (C=O) groups excluding carboxylic acids is 1. The quantitative estimate of drug-likeness (QED) is 0.627. The predicted octanol–water partition coefficient (Wildman–Crippen LogP) is 1.84. The summed E-state index contributed by atoms with van der Waals surface area (Å²) in [5, 5.41) is 0. The average molecular weight is 290 g/mol. The van der Waals surface area contributed by atoms with Crippen LogP contribution in [-0.4, -0.2) is 31.6 Å². The Morgan fingerprint density at radius 2 is 2.19 bits per heavy atom. The lowest BCUT2D eigenvalue weighted by Gasteiger charge is -2.31. The summed E-state index contributed by atoms with van der Waals surface area (Å²) < 4.78 is 25.3. The molecule has 0 aromatic heterocycles. The Morgan fingerprint density at radius 3 is 2.81 bits per heavy atom. The summed E-state index contributed by atoms with van der Waals surface area (Å²) in [6.45, 7) is 2.24. The first-order valence-electron chi connectivity index (χ1n) is 7.53. The fraction of sp³-hybridized carbons (Fsp3) is 0.562. The molecule has 1 saturated carbocycles. The van der Waals surface area contributed by atoms with Gasteiger partial charge in [-0.3, -0.25) is 4.79 Å². The second-order valence-corrected chi connectivity index (χ2v) is 6.30. The van der Waals surface area contributed by atoms with E-state index in [9.17, 15) is 9.18 Å². The van der Waals surface area contributed by atoms with Gasteiger partial charge in [-0.2, -0.15) is 0 Å². The predicted molar refractivity (Wildman–Crippen MR) is 79.2 cm³/mol. The van der Waals surface area contributed by atoms with Crippen molar-refractivity contribution in [2.75, 3.05) is 0 Å². The zero-order valence-electron chi connectivity index (χ0n) is 12.4. The fourth-order valence-electron chi connectivity index (χ4n) is 3.93. The van der Waals surface area contributed by atoms with Gasteiger partial charge in [0.15, 0.2) is 0 Å². The van der Waals surface area contributed by atoms with Crippen LogP contribution >= 0.6 is 0 Å². The van der Waals surface area contributed by atoms with Crippen LogP contribution in [0.3, 0.4) is 0 Å². The number of ether oxygens (including phenoxy) is 2. The number of benzene rings is 1. The average Bonchev–Trinajstić information content (AvgIpc) is 2.82. The molecule has 2 fully saturated rings. The number of rotatable bonds is 4. The molecule has 1 unspecified atom stereocenters. The monoisotopic (exact) mass is 290 g/mol. The number of hydrogen-bond acceptors (Lipinski definition) is 3. The van der Waals surface area contributed by atoms with Gasteiger partial charge in [0.05, 0.1) is 12.0 Å². The van der Waals surface area contributed by atoms with Gasteiger partial charge in [-0.05, 0) is 11.5 Å². The molecule has 3 nitrogen and oxygen atoms in total. The molecule has 0 amide bonds. The Kier molecular flexibility index (Phi) is 3.78. The Morgan fingerprint density at radius 1 is 1.48 bits per heavy atom. The van der Waals surface area contributed by atoms with E-state index in [-0.39, 0.29) is 36.8 Å². The highest BCUT2D eigenvalue weighted by molar-refractivity contribution is 6.11. The molecule has 0 spiro atoms. The van der Waals surface area contributed by atoms with Gasteiger partial charge in [-0.15, -0.1) is 0 Å². The lowest BCUT2D eigenvalue weighted by molar-refractivity contribution is -0.154. The standard InChI is InChI=1S/C16H20BFO3/c1-10-14-12(18)7-16(10,21-15(14)17)8-13(19)20-9-11-5-3-2-4-6-11/h2-6,10,12,14-15H,7-9,17H2,1H3/t10?,12-,14-,15-,16-/m1/s1. The zero-order valence-corrected chi connectivity index (χ0v) is 12.4. The first-order valence-corrected chi connectivity index (χ1v) is 7.53. The summed E-state index contributed by atoms with van der Waals surface area (Å²) in [4.78, 5) is 12.1. The summed E-state index contributed by atoms with van der Waals surface area (Å²) in [6, 6.07) is 9.42. The molecule has 2 bridgehead atoms. The van der Waals surface area contributed by atoms with E-state index in [4.69, 9.17) is 9.47 Å². The van der Waals surface area contributed by atoms with E-state index in [0.717, 1.165) is 5.56 Å². The number of esters is 1. The van der Waals surface area contributed by atoms with E-state index in [1.54, 1.807) is 0 Å². The van der Waals surface area contributed by atoms with E-state index in [1.165, 1.54) is 0 Å². The lowest BCUT2D eigenvalue weighted by atomic mass is 9.81. The molecule has 0 radical (unpaired) electrons. The first-order chi connectivity index (χ1) is 10.0. The van der Waals surface area contributed by atoms with Gasteiger partial charge in [-0.1, -0.05) is 37.3 Å². The van der Waals surface area contributed by atoms with Gasteiger partial charge < -0.3 is 9.47 Å². The van der Waals surface area contributed by atoms with Gasteiger partial charge in [0.25, 0.3) is 0 Å². The summed E-state index contributed by atoms with van der Waals surface area (Å²) in [5.74, 6) is -0.341. The van der Waals surface area contributed by atoms with Crippen molar-refractivity contribution in [1.29, 1.82) is 0 Å². The number of carbonyl (C=O) groups is 1. The molecule has 1 saturated heterocycles. The van der Waals surface area contributed by atoms with Crippen LogP contribution in [0.15, 0.2) is 30.3 Å². The van der Waals surface area contributed by atoms with Crippen LogP contribution in [0, 0.1) is 11.8 Å². The molecule has 5 heteroatoms. The second-order valence-electron chi connectivity index (χ2n) is 6.30. The maximum Gasteiger partial charge on any atom is 0.309 e. The van der Waals surface area contributed by atoms with Crippen molar-refractivity contribution < 1.29 is 18.7 Å². The van der Waals surface area contributed by atoms with Crippen LogP contribution in [0.4, 0.5) is 4.39 Å². The molecule has 5 atom stereocenters. The molecule has 1 aromatic carbocycles. The van der Waals surface area contributed by atoms with Gasteiger partial charge in [0, 0.05) is 18.3 Å². The van der Waals surface area contributed by atoms with E-state index < -0.39 is 11.8 Å². The molecular weight excluding hydrogens is 270 g/mol. The van der Waals surface area contributed by atoms with E-state index in [0.29, 0.717) is 6.42 Å². The number of alkyl halides is 1. The second kappa shape index (κ2) is 5.45. The highest BCUT2D eigenvalue weighted by Gasteiger charge is 2.61. The Labute approximate surface area is 125 Å². The Bertz CT molecular complexity index is 510. The highest BCUT2D eigenvalue weighted by Crippen LogP contribution is 2.54. The van der Waals surface area contributed by atoms with Gasteiger partial charge in [0.2, 0.25) is 0 Å². The molecule has 2 aliphatic rings. The summed E-state index contributed by atoms with van der Waals surface area (Å²) >= 11 is 0. The summed E-state index contributed by atoms with van der Waals surface area (Å²) in [6.07, 6.45) is -0.419. The van der Waals surface area contributed by atoms with Crippen LogP contribution in [0.25, 0.3) is 0 Å². The highest BCUT2D eigenvalue weighted by atomic mass is 19.1. The number of fused-ring (bicyclic) bond motifs is 2. The third-order valence-corrected chi connectivity index (χ3v) is 5.01. The Balaban J connectivity index is 1.60. The lowest BCUT2D eigenvalue weighted by Crippen LogP contribution is -2.39. The molecule has 0 N–H and O–H groups in total. The van der Waals surface area contributed by atoms with Crippen molar-refractivity contribution in [3.8, 4) is 0 Å². The number of halogens is 1. The summed E-state index contributed by atoms with van der Waals surface area (Å²) in [5.41, 5.74) is 0.279. The molecule has 1 aromatic rings. The third-order valence-electron chi connectivity index (χ3n) is 5.01. The maximum atomic E-state index is 14.0. The van der Waals surface area contributed by atoms with Crippen LogP contribution in [0.2, 0.25) is 0 Å². The minimum absolute atomic E-state index is 0.0618. The van der Waals surface area contributed by atoms with Crippen molar-refractivity contribution in [3.05, 3.63) is 35.9 Å². The minimum Gasteiger partial charge on any atom is -0.461 e. The third kappa shape index (κ3) is 2.59.